The molecule has 3 aliphatic rings. The summed E-state index contributed by atoms with van der Waals surface area (Å²) in [7, 11) is -4.28. The molecule has 7 unspecified atom stereocenters. The van der Waals surface area contributed by atoms with E-state index in [0.717, 1.165) is 16.8 Å². The predicted octanol–water partition coefficient (Wildman–Crippen LogP) is 3.66. The van der Waals surface area contributed by atoms with E-state index in [4.69, 9.17) is 24.3 Å². The van der Waals surface area contributed by atoms with Crippen molar-refractivity contribution in [1.29, 1.82) is 0 Å². The minimum atomic E-state index is -4.28. The van der Waals surface area contributed by atoms with Crippen LogP contribution in [0.25, 0.3) is 6.08 Å². The van der Waals surface area contributed by atoms with E-state index in [1.807, 2.05) is 26.8 Å². The van der Waals surface area contributed by atoms with Crippen LogP contribution < -0.4 is 15.3 Å². The number of nitrogens with two attached hydrogens (primary N) is 1. The normalized spacial score (nSPS) is 27.7. The van der Waals surface area contributed by atoms with Crippen LogP contribution in [0, 0.1) is 12.8 Å². The molecule has 5 rings (SSSR count). The number of ether oxygens (including phenoxy) is 2. The number of benzene rings is 1. The lowest BCUT2D eigenvalue weighted by Gasteiger charge is -2.40. The maximum atomic E-state index is 14.4. The number of rotatable bonds is 13. The van der Waals surface area contributed by atoms with Gasteiger partial charge in [-0.1, -0.05) is 43.9 Å². The third-order valence-electron chi connectivity index (χ3n) is 8.68. The van der Waals surface area contributed by atoms with E-state index >= 15 is 0 Å². The number of aliphatic hydroxyl groups excluding tert-OH is 1. The van der Waals surface area contributed by atoms with Crippen LogP contribution >= 0.6 is 7.75 Å². The van der Waals surface area contributed by atoms with Crippen molar-refractivity contribution in [3.05, 3.63) is 71.7 Å². The zero-order chi connectivity index (χ0) is 32.4. The fourth-order valence-corrected chi connectivity index (χ4v) is 7.58. The molecule has 242 valence electrons. The lowest BCUT2D eigenvalue weighted by Crippen LogP contribution is -2.51. The molecule has 5 N–H and O–H groups in total. The fourth-order valence-electron chi connectivity index (χ4n) is 6.08. The zero-order valence-corrected chi connectivity index (χ0v) is 26.8. The smallest absolute Gasteiger partial charge is 0.459 e. The summed E-state index contributed by atoms with van der Waals surface area (Å²) in [5, 5.41) is 20.3. The van der Waals surface area contributed by atoms with Crippen LogP contribution in [0.3, 0.4) is 0 Å². The molecule has 13 nitrogen and oxygen atoms in total. The van der Waals surface area contributed by atoms with Gasteiger partial charge >= 0.3 is 13.7 Å². The van der Waals surface area contributed by atoms with Gasteiger partial charge in [-0.05, 0) is 50.5 Å². The number of carbonyl (C=O) groups is 1. The van der Waals surface area contributed by atoms with Crippen LogP contribution in [0.15, 0.2) is 65.0 Å². The number of aromatic nitrogens is 1. The lowest BCUT2D eigenvalue weighted by atomic mass is 9.81. The molecule has 0 radical (unpaired) electrons. The van der Waals surface area contributed by atoms with Gasteiger partial charge in [0.2, 0.25) is 0 Å². The Labute approximate surface area is 262 Å². The molecular formula is C31H41N6O7P. The second kappa shape index (κ2) is 13.3. The van der Waals surface area contributed by atoms with E-state index in [0.29, 0.717) is 18.0 Å². The first-order valence-corrected chi connectivity index (χ1v) is 16.5. The molecule has 2 aromatic rings. The first kappa shape index (κ1) is 32.6. The monoisotopic (exact) mass is 640 g/mol. The molecule has 0 aliphatic carbocycles. The second-order valence-electron chi connectivity index (χ2n) is 11.4. The Kier molecular flexibility index (Phi) is 9.66. The summed E-state index contributed by atoms with van der Waals surface area (Å²) in [5.74, 6) is -0.362. The van der Waals surface area contributed by atoms with Crippen LogP contribution in [0.5, 0.6) is 5.75 Å². The minimum absolute atomic E-state index is 0.119. The Balaban J connectivity index is 1.37. The zero-order valence-electron chi connectivity index (χ0n) is 25.9. The molecule has 1 aromatic heterocycles. The summed E-state index contributed by atoms with van der Waals surface area (Å²) in [5.41, 5.74) is 8.36. The number of H-pyrrole nitrogens is 1. The topological polar surface area (TPSA) is 173 Å². The number of esters is 1. The van der Waals surface area contributed by atoms with Gasteiger partial charge in [-0.15, -0.1) is 0 Å². The molecule has 0 saturated carbocycles. The lowest BCUT2D eigenvalue weighted by molar-refractivity contribution is -0.145. The average Bonchev–Trinajstić information content (AvgIpc) is 3.68. The van der Waals surface area contributed by atoms with Gasteiger partial charge in [0.1, 0.15) is 24.2 Å². The summed E-state index contributed by atoms with van der Waals surface area (Å²) in [4.78, 5) is 20.4. The maximum absolute atomic E-state index is 14.4. The van der Waals surface area contributed by atoms with Crippen LogP contribution in [-0.2, 0) is 29.8 Å². The maximum Gasteiger partial charge on any atom is 0.459 e. The van der Waals surface area contributed by atoms with Crippen molar-refractivity contribution >= 4 is 32.0 Å². The molecule has 0 amide bonds. The van der Waals surface area contributed by atoms with Crippen LogP contribution in [0.2, 0.25) is 0 Å². The Morgan fingerprint density at radius 2 is 2.16 bits per heavy atom. The number of aliphatic imine (C=N–C) groups is 1. The molecular weight excluding hydrogens is 599 g/mol. The first-order valence-electron chi connectivity index (χ1n) is 14.9. The van der Waals surface area contributed by atoms with E-state index in [1.165, 1.54) is 6.34 Å². The number of carbonyl (C=O) groups excluding carboxylic acids is 1. The molecule has 1 fully saturated rings. The van der Waals surface area contributed by atoms with Gasteiger partial charge in [0.15, 0.2) is 5.84 Å². The number of nitrogens with one attached hydrogen (secondary N) is 2. The number of aromatic amines is 1. The number of amidine groups is 1. The highest BCUT2D eigenvalue weighted by Crippen LogP contribution is 2.49. The number of aryl methyl sites for hydroxylation is 1. The Hall–Kier alpha value is -3.74. The van der Waals surface area contributed by atoms with Crippen molar-refractivity contribution in [3.8, 4) is 5.75 Å². The van der Waals surface area contributed by atoms with E-state index < -0.39 is 37.6 Å². The molecule has 4 heterocycles. The number of hydrazone groups is 1. The third kappa shape index (κ3) is 6.63. The second-order valence-corrected chi connectivity index (χ2v) is 13.1. The number of fused-ring (bicyclic) bond motifs is 1. The molecule has 45 heavy (non-hydrogen) atoms. The minimum Gasteiger partial charge on any atom is -0.465 e. The number of nitrogens with zero attached hydrogens (tertiary/aromatic N) is 3. The molecule has 0 spiro atoms. The molecule has 14 heteroatoms. The summed E-state index contributed by atoms with van der Waals surface area (Å²) in [6, 6.07) is 7.13. The highest BCUT2D eigenvalue weighted by molar-refractivity contribution is 7.52. The summed E-state index contributed by atoms with van der Waals surface area (Å²) < 4.78 is 38.1. The number of aliphatic hydroxyl groups is 1. The van der Waals surface area contributed by atoms with Crippen LogP contribution in [0.4, 0.5) is 0 Å². The highest BCUT2D eigenvalue weighted by Gasteiger charge is 2.57. The quantitative estimate of drug-likeness (QED) is 0.187. The third-order valence-corrected chi connectivity index (χ3v) is 10.2. The fraction of sp³-hybridized carbons (Fsp3) is 0.452. The van der Waals surface area contributed by atoms with Gasteiger partial charge in [0.25, 0.3) is 0 Å². The van der Waals surface area contributed by atoms with E-state index in [2.05, 4.69) is 26.7 Å². The highest BCUT2D eigenvalue weighted by atomic mass is 31.2. The number of hydrogen-bond acceptors (Lipinski definition) is 11. The largest absolute Gasteiger partial charge is 0.465 e. The number of hydrogen-bond donors (Lipinski definition) is 4. The standard InChI is InChI=1S/C31H41N6O7P/c1-6-23-20(4)33-16-21(23)15-24(30(39)41-7-2)36-45(40,44-22-11-9-8-10-12-22)42-17-26-28(38)19(3)31(5,43-26)27-14-13-25-29(32)34-18-35-37(25)27/h6,8-13,16,18-19,24,26-28,33,38H,1,7,14-15,17H2,2-5H3,(H,36,40)(H2,32,34,35). The van der Waals surface area contributed by atoms with Crippen molar-refractivity contribution in [2.45, 2.75) is 70.4 Å². The van der Waals surface area contributed by atoms with Gasteiger partial charge in [0, 0.05) is 24.2 Å². The van der Waals surface area contributed by atoms with Crippen molar-refractivity contribution < 1.29 is 33.0 Å². The van der Waals surface area contributed by atoms with E-state index in [9.17, 15) is 14.5 Å². The van der Waals surface area contributed by atoms with Gasteiger partial charge in [-0.25, -0.2) is 9.56 Å². The van der Waals surface area contributed by atoms with E-state index in [1.54, 1.807) is 54.5 Å². The van der Waals surface area contributed by atoms with E-state index in [-0.39, 0.29) is 37.3 Å². The SMILES string of the molecule is C=Cc1c(CC(NP(=O)(OCC2OC(C)(C3CC=C4C(N)=NC=NN43)C(C)C2O)Oc2ccccc2)C(=O)OCC)c[nH]c1C. The summed E-state index contributed by atoms with van der Waals surface area (Å²) >= 11 is 0. The van der Waals surface area contributed by atoms with Crippen LogP contribution in [-0.4, -0.2) is 76.3 Å². The van der Waals surface area contributed by atoms with Crippen molar-refractivity contribution in [1.82, 2.24) is 15.1 Å². The average molecular weight is 641 g/mol. The van der Waals surface area contributed by atoms with Gasteiger partial charge in [-0.3, -0.25) is 14.3 Å². The summed E-state index contributed by atoms with van der Waals surface area (Å²) in [6.45, 7) is 11.1. The number of para-hydroxylation sites is 1. The Morgan fingerprint density at radius 1 is 1.40 bits per heavy atom. The predicted molar refractivity (Wildman–Crippen MR) is 170 cm³/mol. The Morgan fingerprint density at radius 3 is 2.87 bits per heavy atom. The molecule has 1 saturated heterocycles. The van der Waals surface area contributed by atoms with Crippen molar-refractivity contribution in [2.24, 2.45) is 21.7 Å². The Bertz CT molecular complexity index is 1540. The van der Waals surface area contributed by atoms with Crippen molar-refractivity contribution in [2.75, 3.05) is 13.2 Å². The molecule has 1 aromatic carbocycles. The molecule has 0 bridgehead atoms. The molecule has 3 aliphatic heterocycles. The molecule has 7 atom stereocenters. The van der Waals surface area contributed by atoms with Gasteiger partial charge in [0.05, 0.1) is 36.7 Å². The first-order chi connectivity index (χ1) is 21.5. The van der Waals surface area contributed by atoms with Gasteiger partial charge < -0.3 is 29.8 Å². The van der Waals surface area contributed by atoms with Gasteiger partial charge in [-0.2, -0.15) is 10.2 Å². The van der Waals surface area contributed by atoms with Crippen molar-refractivity contribution in [3.63, 3.8) is 0 Å². The van der Waals surface area contributed by atoms with Crippen LogP contribution in [0.1, 0.15) is 44.0 Å². The summed E-state index contributed by atoms with van der Waals surface area (Å²) in [6.07, 6.45) is 5.65.